The maximum absolute atomic E-state index is 12.7. The molecule has 0 saturated carbocycles. The minimum Gasteiger partial charge on any atom is -0.495 e. The molecule has 7 nitrogen and oxygen atoms in total. The highest BCUT2D eigenvalue weighted by Crippen LogP contribution is 2.28. The first-order valence-electron chi connectivity index (χ1n) is 8.36. The number of nitrogens with zero attached hydrogens (tertiary/aromatic N) is 3. The van der Waals surface area contributed by atoms with Gasteiger partial charge in [0.25, 0.3) is 5.91 Å². The lowest BCUT2D eigenvalue weighted by Gasteiger charge is -2.36. The van der Waals surface area contributed by atoms with Gasteiger partial charge in [0.15, 0.2) is 0 Å². The van der Waals surface area contributed by atoms with Crippen molar-refractivity contribution < 1.29 is 19.1 Å². The molecule has 7 heteroatoms. The zero-order valence-corrected chi connectivity index (χ0v) is 14.8. The van der Waals surface area contributed by atoms with E-state index in [9.17, 15) is 9.59 Å². The van der Waals surface area contributed by atoms with E-state index in [-0.39, 0.29) is 17.3 Å². The summed E-state index contributed by atoms with van der Waals surface area (Å²) in [6.07, 6.45) is 0. The first-order valence-corrected chi connectivity index (χ1v) is 8.36. The van der Waals surface area contributed by atoms with Crippen LogP contribution < -0.4 is 9.64 Å². The van der Waals surface area contributed by atoms with Gasteiger partial charge in [-0.05, 0) is 24.3 Å². The van der Waals surface area contributed by atoms with Gasteiger partial charge in [0.1, 0.15) is 17.1 Å². The summed E-state index contributed by atoms with van der Waals surface area (Å²) in [6.45, 7) is 2.54. The molecule has 0 aliphatic carbocycles. The molecular formula is C19H21N3O4. The molecule has 0 atom stereocenters. The van der Waals surface area contributed by atoms with Crippen LogP contribution in [0.4, 0.5) is 5.69 Å². The fourth-order valence-corrected chi connectivity index (χ4v) is 2.98. The predicted molar refractivity (Wildman–Crippen MR) is 96.7 cm³/mol. The fraction of sp³-hybridized carbons (Fsp3) is 0.316. The fourth-order valence-electron chi connectivity index (χ4n) is 2.98. The van der Waals surface area contributed by atoms with E-state index in [1.807, 2.05) is 24.3 Å². The summed E-state index contributed by atoms with van der Waals surface area (Å²) in [4.78, 5) is 32.4. The van der Waals surface area contributed by atoms with Crippen molar-refractivity contribution in [3.8, 4) is 5.75 Å². The summed E-state index contributed by atoms with van der Waals surface area (Å²) >= 11 is 0. The Kier molecular flexibility index (Phi) is 5.36. The van der Waals surface area contributed by atoms with Crippen LogP contribution in [0.3, 0.4) is 0 Å². The van der Waals surface area contributed by atoms with Crippen LogP contribution in [0.15, 0.2) is 42.5 Å². The molecule has 0 bridgehead atoms. The Bertz CT molecular complexity index is 801. The van der Waals surface area contributed by atoms with Crippen molar-refractivity contribution in [1.82, 2.24) is 9.88 Å². The molecule has 1 aromatic heterocycles. The second kappa shape index (κ2) is 7.86. The first kappa shape index (κ1) is 17.7. The molecule has 1 saturated heterocycles. The number of esters is 1. The summed E-state index contributed by atoms with van der Waals surface area (Å²) in [5, 5.41) is 0. The van der Waals surface area contributed by atoms with Gasteiger partial charge in [-0.25, -0.2) is 9.78 Å². The van der Waals surface area contributed by atoms with Crippen LogP contribution in [0.1, 0.15) is 21.0 Å². The molecule has 1 aliphatic heterocycles. The van der Waals surface area contributed by atoms with E-state index < -0.39 is 5.97 Å². The van der Waals surface area contributed by atoms with Crippen LogP contribution in [0.5, 0.6) is 5.75 Å². The third kappa shape index (κ3) is 3.61. The van der Waals surface area contributed by atoms with Crippen LogP contribution in [-0.2, 0) is 4.74 Å². The Morgan fingerprint density at radius 1 is 0.923 bits per heavy atom. The van der Waals surface area contributed by atoms with Gasteiger partial charge in [0.05, 0.1) is 19.9 Å². The first-order chi connectivity index (χ1) is 12.6. The second-order valence-electron chi connectivity index (χ2n) is 5.85. The topological polar surface area (TPSA) is 72.0 Å². The summed E-state index contributed by atoms with van der Waals surface area (Å²) in [7, 11) is 2.94. The maximum atomic E-state index is 12.7. The smallest absolute Gasteiger partial charge is 0.356 e. The predicted octanol–water partition coefficient (Wildman–Crippen LogP) is 1.84. The Labute approximate surface area is 152 Å². The number of methoxy groups -OCH3 is 2. The van der Waals surface area contributed by atoms with E-state index in [1.165, 1.54) is 13.2 Å². The van der Waals surface area contributed by atoms with Gasteiger partial charge in [-0.3, -0.25) is 4.79 Å². The Morgan fingerprint density at radius 3 is 2.31 bits per heavy atom. The summed E-state index contributed by atoms with van der Waals surface area (Å²) in [6, 6.07) is 12.6. The van der Waals surface area contributed by atoms with Crippen molar-refractivity contribution >= 4 is 17.6 Å². The number of carbonyl (C=O) groups is 2. The number of hydrogen-bond donors (Lipinski definition) is 0. The number of hydrogen-bond acceptors (Lipinski definition) is 6. The lowest BCUT2D eigenvalue weighted by Crippen LogP contribution is -2.49. The highest BCUT2D eigenvalue weighted by Gasteiger charge is 2.25. The van der Waals surface area contributed by atoms with Gasteiger partial charge in [-0.15, -0.1) is 0 Å². The molecule has 1 aliphatic rings. The Balaban J connectivity index is 1.68. The molecule has 2 heterocycles. The molecule has 0 radical (unpaired) electrons. The molecule has 2 aromatic rings. The van der Waals surface area contributed by atoms with Gasteiger partial charge >= 0.3 is 5.97 Å². The normalized spacial score (nSPS) is 14.1. The van der Waals surface area contributed by atoms with Crippen molar-refractivity contribution in [2.45, 2.75) is 0 Å². The largest absolute Gasteiger partial charge is 0.495 e. The van der Waals surface area contributed by atoms with Crippen LogP contribution in [0.2, 0.25) is 0 Å². The number of benzene rings is 1. The highest BCUT2D eigenvalue weighted by atomic mass is 16.5. The van der Waals surface area contributed by atoms with Crippen molar-refractivity contribution in [2.24, 2.45) is 0 Å². The van der Waals surface area contributed by atoms with Crippen molar-refractivity contribution in [1.29, 1.82) is 0 Å². The molecule has 1 fully saturated rings. The molecule has 0 unspecified atom stereocenters. The van der Waals surface area contributed by atoms with Gasteiger partial charge in [-0.1, -0.05) is 18.2 Å². The summed E-state index contributed by atoms with van der Waals surface area (Å²) in [5.74, 6) is 0.0794. The number of rotatable bonds is 4. The van der Waals surface area contributed by atoms with Crippen LogP contribution in [0.25, 0.3) is 0 Å². The van der Waals surface area contributed by atoms with Crippen LogP contribution >= 0.6 is 0 Å². The number of ether oxygens (including phenoxy) is 2. The zero-order valence-electron chi connectivity index (χ0n) is 14.8. The molecule has 3 rings (SSSR count). The molecular weight excluding hydrogens is 334 g/mol. The molecule has 1 amide bonds. The van der Waals surface area contributed by atoms with E-state index in [2.05, 4.69) is 14.6 Å². The Morgan fingerprint density at radius 2 is 1.62 bits per heavy atom. The SMILES string of the molecule is COC(=O)c1cccc(C(=O)N2CCN(c3ccccc3OC)CC2)n1. The average molecular weight is 355 g/mol. The third-order valence-electron chi connectivity index (χ3n) is 4.36. The Hall–Kier alpha value is -3.09. The van der Waals surface area contributed by atoms with Gasteiger partial charge in [0.2, 0.25) is 0 Å². The van der Waals surface area contributed by atoms with Gasteiger partial charge < -0.3 is 19.3 Å². The number of para-hydroxylation sites is 2. The summed E-state index contributed by atoms with van der Waals surface area (Å²) < 4.78 is 10.1. The summed E-state index contributed by atoms with van der Waals surface area (Å²) in [5.41, 5.74) is 1.40. The molecule has 0 N–H and O–H groups in total. The van der Waals surface area contributed by atoms with Crippen LogP contribution in [0, 0.1) is 0 Å². The number of amides is 1. The maximum Gasteiger partial charge on any atom is 0.356 e. The monoisotopic (exact) mass is 355 g/mol. The van der Waals surface area contributed by atoms with E-state index in [0.29, 0.717) is 26.2 Å². The quantitative estimate of drug-likeness (QED) is 0.780. The minimum absolute atomic E-state index is 0.131. The number of aromatic nitrogens is 1. The van der Waals surface area contributed by atoms with Crippen molar-refractivity contribution in [3.63, 3.8) is 0 Å². The van der Waals surface area contributed by atoms with E-state index in [0.717, 1.165) is 11.4 Å². The second-order valence-corrected chi connectivity index (χ2v) is 5.85. The highest BCUT2D eigenvalue weighted by molar-refractivity contribution is 5.94. The number of pyridine rings is 1. The van der Waals surface area contributed by atoms with E-state index in [1.54, 1.807) is 24.1 Å². The van der Waals surface area contributed by atoms with Gasteiger partial charge in [-0.2, -0.15) is 0 Å². The average Bonchev–Trinajstić information content (AvgIpc) is 2.72. The van der Waals surface area contributed by atoms with Crippen molar-refractivity contribution in [3.05, 3.63) is 53.9 Å². The minimum atomic E-state index is -0.555. The number of carbonyl (C=O) groups excluding carboxylic acids is 2. The lowest BCUT2D eigenvalue weighted by atomic mass is 10.2. The van der Waals surface area contributed by atoms with Gasteiger partial charge in [0, 0.05) is 26.2 Å². The third-order valence-corrected chi connectivity index (χ3v) is 4.36. The lowest BCUT2D eigenvalue weighted by molar-refractivity contribution is 0.0593. The molecule has 1 aromatic carbocycles. The zero-order chi connectivity index (χ0) is 18.5. The van der Waals surface area contributed by atoms with Crippen molar-refractivity contribution in [2.75, 3.05) is 45.3 Å². The van der Waals surface area contributed by atoms with E-state index in [4.69, 9.17) is 4.74 Å². The number of anilines is 1. The molecule has 0 spiro atoms. The molecule has 26 heavy (non-hydrogen) atoms. The van der Waals surface area contributed by atoms with E-state index >= 15 is 0 Å². The number of piperazine rings is 1. The molecule has 136 valence electrons. The standard InChI is InChI=1S/C19H21N3O4/c1-25-17-9-4-3-8-16(17)21-10-12-22(13-11-21)18(23)14-6-5-7-15(20-14)19(24)26-2/h3-9H,10-13H2,1-2H3. The van der Waals surface area contributed by atoms with Crippen LogP contribution in [-0.4, -0.2) is 62.2 Å².